The smallest absolute Gasteiger partial charge is 0.0264 e. The summed E-state index contributed by atoms with van der Waals surface area (Å²) in [5.74, 6) is 1.61. The minimum atomic E-state index is 0.0539. The molecule has 1 nitrogen and oxygen atoms in total. The molecule has 0 aliphatic heterocycles. The summed E-state index contributed by atoms with van der Waals surface area (Å²) in [7, 11) is 0. The number of nitrogens with two attached hydrogens (primary N) is 1. The first-order valence-corrected chi connectivity index (χ1v) is 7.03. The minimum absolute atomic E-state index is 0.0539. The van der Waals surface area contributed by atoms with Crippen LogP contribution in [-0.4, -0.2) is 5.54 Å². The molecule has 2 aliphatic carbocycles. The molecule has 1 heteroatoms. The van der Waals surface area contributed by atoms with Gasteiger partial charge in [0.05, 0.1) is 0 Å². The second-order valence-electron chi connectivity index (χ2n) is 6.32. The fraction of sp³-hybridized carbons (Fsp3) is 0.625. The molecular formula is C16H23N. The van der Waals surface area contributed by atoms with E-state index in [-0.39, 0.29) is 5.54 Å². The van der Waals surface area contributed by atoms with E-state index in [1.54, 1.807) is 0 Å². The van der Waals surface area contributed by atoms with Crippen LogP contribution in [0.3, 0.4) is 0 Å². The van der Waals surface area contributed by atoms with Crippen molar-refractivity contribution in [2.24, 2.45) is 17.6 Å². The van der Waals surface area contributed by atoms with E-state index in [4.69, 9.17) is 5.73 Å². The molecular weight excluding hydrogens is 206 g/mol. The molecule has 2 unspecified atom stereocenters. The van der Waals surface area contributed by atoms with E-state index in [1.807, 2.05) is 0 Å². The predicted molar refractivity (Wildman–Crippen MR) is 71.9 cm³/mol. The molecule has 1 aromatic rings. The summed E-state index contributed by atoms with van der Waals surface area (Å²) < 4.78 is 0. The summed E-state index contributed by atoms with van der Waals surface area (Å²) in [4.78, 5) is 0. The van der Waals surface area contributed by atoms with Gasteiger partial charge in [0.15, 0.2) is 0 Å². The third-order valence-corrected chi connectivity index (χ3v) is 4.91. The predicted octanol–water partition coefficient (Wildman–Crippen LogP) is 3.31. The molecule has 0 radical (unpaired) electrons. The van der Waals surface area contributed by atoms with Crippen LogP contribution in [0.1, 0.15) is 43.7 Å². The van der Waals surface area contributed by atoms with E-state index in [2.05, 4.69) is 31.2 Å². The van der Waals surface area contributed by atoms with Gasteiger partial charge in [-0.25, -0.2) is 0 Å². The van der Waals surface area contributed by atoms with Crippen LogP contribution in [0.25, 0.3) is 0 Å². The van der Waals surface area contributed by atoms with Crippen LogP contribution in [0.5, 0.6) is 0 Å². The first-order chi connectivity index (χ1) is 8.17. The molecule has 2 N–H and O–H groups in total. The van der Waals surface area contributed by atoms with Crippen LogP contribution >= 0.6 is 0 Å². The molecule has 0 spiro atoms. The van der Waals surface area contributed by atoms with Crippen LogP contribution < -0.4 is 5.73 Å². The van der Waals surface area contributed by atoms with Gasteiger partial charge in [0.25, 0.3) is 0 Å². The van der Waals surface area contributed by atoms with Crippen molar-refractivity contribution in [1.29, 1.82) is 0 Å². The third-order valence-electron chi connectivity index (χ3n) is 4.91. The lowest BCUT2D eigenvalue weighted by molar-refractivity contribution is 0.177. The van der Waals surface area contributed by atoms with Crippen molar-refractivity contribution in [2.45, 2.75) is 51.0 Å². The summed E-state index contributed by atoms with van der Waals surface area (Å²) in [6.07, 6.45) is 7.65. The monoisotopic (exact) mass is 229 g/mol. The Morgan fingerprint density at radius 3 is 2.35 bits per heavy atom. The SMILES string of the molecule is CC1CCCC(C2(N)Cc3ccccc3C2)C1. The van der Waals surface area contributed by atoms with Crippen molar-refractivity contribution < 1.29 is 0 Å². The van der Waals surface area contributed by atoms with E-state index in [0.717, 1.165) is 24.7 Å². The van der Waals surface area contributed by atoms with E-state index in [1.165, 1.54) is 36.8 Å². The highest BCUT2D eigenvalue weighted by atomic mass is 14.8. The Labute approximate surface area is 104 Å². The van der Waals surface area contributed by atoms with Crippen molar-refractivity contribution in [3.63, 3.8) is 0 Å². The molecule has 0 amide bonds. The highest BCUT2D eigenvalue weighted by Gasteiger charge is 2.41. The summed E-state index contributed by atoms with van der Waals surface area (Å²) in [5.41, 5.74) is 9.79. The van der Waals surface area contributed by atoms with Gasteiger partial charge in [-0.05, 0) is 48.6 Å². The Kier molecular flexibility index (Phi) is 2.74. The van der Waals surface area contributed by atoms with Gasteiger partial charge in [0.2, 0.25) is 0 Å². The molecule has 0 saturated heterocycles. The number of hydrogen-bond acceptors (Lipinski definition) is 1. The van der Waals surface area contributed by atoms with Crippen LogP contribution in [0.15, 0.2) is 24.3 Å². The van der Waals surface area contributed by atoms with Gasteiger partial charge in [-0.15, -0.1) is 0 Å². The van der Waals surface area contributed by atoms with Crippen molar-refractivity contribution in [3.8, 4) is 0 Å². The van der Waals surface area contributed by atoms with Crippen molar-refractivity contribution in [1.82, 2.24) is 0 Å². The summed E-state index contributed by atoms with van der Waals surface area (Å²) in [6, 6.07) is 8.81. The molecule has 17 heavy (non-hydrogen) atoms. The Morgan fingerprint density at radius 2 is 1.76 bits per heavy atom. The third kappa shape index (κ3) is 2.01. The summed E-state index contributed by atoms with van der Waals surface area (Å²) >= 11 is 0. The van der Waals surface area contributed by atoms with Gasteiger partial charge in [0.1, 0.15) is 0 Å². The Bertz CT molecular complexity index is 385. The van der Waals surface area contributed by atoms with Crippen LogP contribution in [-0.2, 0) is 12.8 Å². The average molecular weight is 229 g/mol. The zero-order valence-corrected chi connectivity index (χ0v) is 10.8. The molecule has 0 bridgehead atoms. The number of benzene rings is 1. The summed E-state index contributed by atoms with van der Waals surface area (Å²) in [6.45, 7) is 2.39. The number of fused-ring (bicyclic) bond motifs is 1. The number of rotatable bonds is 1. The van der Waals surface area contributed by atoms with Gasteiger partial charge in [-0.3, -0.25) is 0 Å². The van der Waals surface area contributed by atoms with Gasteiger partial charge >= 0.3 is 0 Å². The first kappa shape index (κ1) is 11.3. The lowest BCUT2D eigenvalue weighted by Crippen LogP contribution is -2.49. The van der Waals surface area contributed by atoms with Crippen molar-refractivity contribution in [3.05, 3.63) is 35.4 Å². The molecule has 1 saturated carbocycles. The lowest BCUT2D eigenvalue weighted by Gasteiger charge is -2.39. The molecule has 0 aromatic heterocycles. The van der Waals surface area contributed by atoms with Gasteiger partial charge < -0.3 is 5.73 Å². The van der Waals surface area contributed by atoms with Gasteiger partial charge in [-0.2, -0.15) is 0 Å². The molecule has 1 aromatic carbocycles. The molecule has 3 rings (SSSR count). The van der Waals surface area contributed by atoms with Crippen molar-refractivity contribution in [2.75, 3.05) is 0 Å². The fourth-order valence-electron chi connectivity index (χ4n) is 3.92. The largest absolute Gasteiger partial charge is 0.324 e. The second-order valence-corrected chi connectivity index (χ2v) is 6.32. The van der Waals surface area contributed by atoms with E-state index in [9.17, 15) is 0 Å². The zero-order chi connectivity index (χ0) is 11.9. The van der Waals surface area contributed by atoms with Crippen LogP contribution in [0, 0.1) is 11.8 Å². The quantitative estimate of drug-likeness (QED) is 0.785. The average Bonchev–Trinajstić information content (AvgIpc) is 2.66. The molecule has 1 fully saturated rings. The first-order valence-electron chi connectivity index (χ1n) is 7.03. The fourth-order valence-corrected chi connectivity index (χ4v) is 3.92. The highest BCUT2D eigenvalue weighted by molar-refractivity contribution is 5.36. The maximum Gasteiger partial charge on any atom is 0.0264 e. The maximum absolute atomic E-state index is 6.75. The van der Waals surface area contributed by atoms with Crippen LogP contribution in [0.2, 0.25) is 0 Å². The molecule has 2 aliphatic rings. The second kappa shape index (κ2) is 4.13. The molecule has 2 atom stereocenters. The lowest BCUT2D eigenvalue weighted by atomic mass is 9.70. The number of hydrogen-bond donors (Lipinski definition) is 1. The normalized spacial score (nSPS) is 31.2. The Hall–Kier alpha value is -0.820. The van der Waals surface area contributed by atoms with Crippen molar-refractivity contribution >= 4 is 0 Å². The molecule has 92 valence electrons. The minimum Gasteiger partial charge on any atom is -0.324 e. The van der Waals surface area contributed by atoms with E-state index >= 15 is 0 Å². The van der Waals surface area contributed by atoms with E-state index in [0.29, 0.717) is 0 Å². The van der Waals surface area contributed by atoms with E-state index < -0.39 is 0 Å². The van der Waals surface area contributed by atoms with Crippen LogP contribution in [0.4, 0.5) is 0 Å². The Morgan fingerprint density at radius 1 is 1.12 bits per heavy atom. The highest BCUT2D eigenvalue weighted by Crippen LogP contribution is 2.41. The standard InChI is InChI=1S/C16H23N/c1-12-5-4-8-15(9-12)16(17)10-13-6-2-3-7-14(13)11-16/h2-3,6-7,12,15H,4-5,8-11,17H2,1H3. The molecule has 0 heterocycles. The maximum atomic E-state index is 6.75. The van der Waals surface area contributed by atoms with Gasteiger partial charge in [-0.1, -0.05) is 44.0 Å². The van der Waals surface area contributed by atoms with Gasteiger partial charge in [0, 0.05) is 5.54 Å². The summed E-state index contributed by atoms with van der Waals surface area (Å²) in [5, 5.41) is 0. The Balaban J connectivity index is 1.80. The zero-order valence-electron chi connectivity index (χ0n) is 10.8. The topological polar surface area (TPSA) is 26.0 Å².